The van der Waals surface area contributed by atoms with Crippen LogP contribution >= 0.6 is 0 Å². The van der Waals surface area contributed by atoms with E-state index >= 15 is 0 Å². The molecule has 6 heteroatoms. The molecular weight excluding hydrogens is 294 g/mol. The average molecular weight is 315 g/mol. The van der Waals surface area contributed by atoms with E-state index < -0.39 is 0 Å². The molecule has 122 valence electrons. The van der Waals surface area contributed by atoms with Gasteiger partial charge in [0.1, 0.15) is 6.54 Å². The molecule has 3 amide bonds. The topological polar surface area (TPSA) is 69.7 Å². The zero-order valence-corrected chi connectivity index (χ0v) is 13.5. The molecule has 0 radical (unpaired) electrons. The first-order valence-electron chi connectivity index (χ1n) is 7.90. The fourth-order valence-electron chi connectivity index (χ4n) is 3.30. The Hall–Kier alpha value is -2.21. The molecule has 0 bridgehead atoms. The van der Waals surface area contributed by atoms with Crippen LogP contribution in [0.5, 0.6) is 0 Å². The Balaban J connectivity index is 1.69. The first-order valence-corrected chi connectivity index (χ1v) is 7.90. The number of fused-ring (bicyclic) bond motifs is 1. The molecule has 0 aromatic heterocycles. The number of carbonyl (C=O) groups is 3. The van der Waals surface area contributed by atoms with Crippen LogP contribution in [0.2, 0.25) is 0 Å². The van der Waals surface area contributed by atoms with Crippen molar-refractivity contribution in [2.24, 2.45) is 5.92 Å². The quantitative estimate of drug-likeness (QED) is 0.829. The van der Waals surface area contributed by atoms with E-state index in [0.29, 0.717) is 30.1 Å². The summed E-state index contributed by atoms with van der Waals surface area (Å²) in [7, 11) is 1.89. The molecule has 2 aliphatic rings. The van der Waals surface area contributed by atoms with Crippen LogP contribution in [-0.2, 0) is 4.79 Å². The molecule has 1 unspecified atom stereocenters. The minimum absolute atomic E-state index is 0.158. The van der Waals surface area contributed by atoms with Crippen molar-refractivity contribution in [3.63, 3.8) is 0 Å². The zero-order chi connectivity index (χ0) is 16.6. The molecule has 1 aromatic carbocycles. The summed E-state index contributed by atoms with van der Waals surface area (Å²) in [6.45, 7) is 3.95. The minimum Gasteiger partial charge on any atom is -0.341 e. The number of rotatable bonds is 4. The largest absolute Gasteiger partial charge is 0.341 e. The first-order chi connectivity index (χ1) is 11.0. The highest BCUT2D eigenvalue weighted by Gasteiger charge is 2.38. The van der Waals surface area contributed by atoms with Gasteiger partial charge in [0.15, 0.2) is 0 Å². The van der Waals surface area contributed by atoms with Crippen LogP contribution in [0, 0.1) is 12.8 Å². The normalized spacial score (nSPS) is 20.3. The molecule has 0 spiro atoms. The fourth-order valence-corrected chi connectivity index (χ4v) is 3.30. The Kier molecular flexibility index (Phi) is 4.17. The number of nitrogens with zero attached hydrogens (tertiary/aromatic N) is 2. The molecule has 0 aliphatic carbocycles. The second-order valence-corrected chi connectivity index (χ2v) is 6.30. The molecule has 1 N–H and O–H groups in total. The second-order valence-electron chi connectivity index (χ2n) is 6.30. The summed E-state index contributed by atoms with van der Waals surface area (Å²) in [4.78, 5) is 40.0. The van der Waals surface area contributed by atoms with Gasteiger partial charge in [0.05, 0.1) is 11.1 Å². The third-order valence-corrected chi connectivity index (χ3v) is 4.55. The number of nitrogens with one attached hydrogen (secondary N) is 1. The van der Waals surface area contributed by atoms with Gasteiger partial charge in [-0.05, 0) is 45.0 Å². The maximum atomic E-state index is 12.4. The molecule has 0 saturated carbocycles. The van der Waals surface area contributed by atoms with Gasteiger partial charge in [-0.1, -0.05) is 11.6 Å². The number of hydrogen-bond donors (Lipinski definition) is 1. The number of aryl methyl sites for hydroxylation is 1. The van der Waals surface area contributed by atoms with Gasteiger partial charge in [-0.15, -0.1) is 0 Å². The van der Waals surface area contributed by atoms with Gasteiger partial charge in [-0.25, -0.2) is 0 Å². The first kappa shape index (κ1) is 15.7. The summed E-state index contributed by atoms with van der Waals surface area (Å²) in [5, 5.41) is 3.12. The smallest absolute Gasteiger partial charge is 0.262 e. The molecule has 1 saturated heterocycles. The van der Waals surface area contributed by atoms with Gasteiger partial charge >= 0.3 is 0 Å². The van der Waals surface area contributed by atoms with Crippen LogP contribution in [0.3, 0.4) is 0 Å². The lowest BCUT2D eigenvalue weighted by atomic mass is 10.1. The number of hydrogen-bond acceptors (Lipinski definition) is 4. The maximum Gasteiger partial charge on any atom is 0.262 e. The highest BCUT2D eigenvalue weighted by atomic mass is 16.2. The molecule has 3 rings (SSSR count). The number of likely N-dealkylation sites (tertiary alicyclic amines) is 1. The van der Waals surface area contributed by atoms with Crippen molar-refractivity contribution in [1.82, 2.24) is 15.1 Å². The number of imide groups is 1. The molecule has 2 aliphatic heterocycles. The standard InChI is InChI=1S/C17H21N3O3/c1-11-3-4-13-14(7-11)17(23)20(16(13)22)10-15(21)19-6-5-12(9-19)8-18-2/h3-4,7,12,18H,5-6,8-10H2,1-2H3. The van der Waals surface area contributed by atoms with E-state index in [2.05, 4.69) is 5.32 Å². The highest BCUT2D eigenvalue weighted by Crippen LogP contribution is 2.24. The van der Waals surface area contributed by atoms with E-state index in [0.717, 1.165) is 23.4 Å². The number of carbonyl (C=O) groups excluding carboxylic acids is 3. The third-order valence-electron chi connectivity index (χ3n) is 4.55. The highest BCUT2D eigenvalue weighted by molar-refractivity contribution is 6.22. The summed E-state index contributed by atoms with van der Waals surface area (Å²) in [6, 6.07) is 5.17. The van der Waals surface area contributed by atoms with E-state index in [4.69, 9.17) is 0 Å². The fraction of sp³-hybridized carbons (Fsp3) is 0.471. The van der Waals surface area contributed by atoms with Crippen LogP contribution in [0.15, 0.2) is 18.2 Å². The molecule has 1 aromatic rings. The summed E-state index contributed by atoms with van der Waals surface area (Å²) in [5.74, 6) is -0.457. The van der Waals surface area contributed by atoms with Crippen molar-refractivity contribution < 1.29 is 14.4 Å². The van der Waals surface area contributed by atoms with E-state index in [1.165, 1.54) is 0 Å². The van der Waals surface area contributed by atoms with E-state index in [-0.39, 0.29) is 24.3 Å². The lowest BCUT2D eigenvalue weighted by Gasteiger charge is -2.20. The van der Waals surface area contributed by atoms with Crippen molar-refractivity contribution in [2.45, 2.75) is 13.3 Å². The molecule has 1 atom stereocenters. The van der Waals surface area contributed by atoms with Crippen molar-refractivity contribution >= 4 is 17.7 Å². The van der Waals surface area contributed by atoms with Crippen molar-refractivity contribution in [2.75, 3.05) is 33.2 Å². The Morgan fingerprint density at radius 1 is 1.26 bits per heavy atom. The van der Waals surface area contributed by atoms with Gasteiger partial charge in [0.25, 0.3) is 11.8 Å². The molecular formula is C17H21N3O3. The van der Waals surface area contributed by atoms with Crippen LogP contribution in [0.4, 0.5) is 0 Å². The maximum absolute atomic E-state index is 12.4. The summed E-state index contributed by atoms with van der Waals surface area (Å²) >= 11 is 0. The van der Waals surface area contributed by atoms with Crippen LogP contribution in [0.25, 0.3) is 0 Å². The molecule has 23 heavy (non-hydrogen) atoms. The molecule has 6 nitrogen and oxygen atoms in total. The Morgan fingerprint density at radius 3 is 2.74 bits per heavy atom. The number of amides is 3. The van der Waals surface area contributed by atoms with Crippen molar-refractivity contribution in [1.29, 1.82) is 0 Å². The summed E-state index contributed by atoms with van der Waals surface area (Å²) < 4.78 is 0. The predicted octanol–water partition coefficient (Wildman–Crippen LogP) is 0.659. The predicted molar refractivity (Wildman–Crippen MR) is 85.2 cm³/mol. The summed E-state index contributed by atoms with van der Waals surface area (Å²) in [6.07, 6.45) is 0.952. The van der Waals surface area contributed by atoms with E-state index in [9.17, 15) is 14.4 Å². The van der Waals surface area contributed by atoms with Gasteiger partial charge < -0.3 is 10.2 Å². The van der Waals surface area contributed by atoms with Crippen LogP contribution in [0.1, 0.15) is 32.7 Å². The molecule has 2 heterocycles. The van der Waals surface area contributed by atoms with Crippen molar-refractivity contribution in [3.8, 4) is 0 Å². The lowest BCUT2D eigenvalue weighted by Crippen LogP contribution is -2.42. The minimum atomic E-state index is -0.371. The SMILES string of the molecule is CNCC1CCN(C(=O)CN2C(=O)c3ccc(C)cc3C2=O)C1. The second kappa shape index (κ2) is 6.12. The van der Waals surface area contributed by atoms with E-state index in [1.54, 1.807) is 23.1 Å². The van der Waals surface area contributed by atoms with Crippen molar-refractivity contribution in [3.05, 3.63) is 34.9 Å². The Bertz CT molecular complexity index is 671. The lowest BCUT2D eigenvalue weighted by molar-refractivity contribution is -0.130. The van der Waals surface area contributed by atoms with Gasteiger partial charge in [-0.2, -0.15) is 0 Å². The van der Waals surface area contributed by atoms with Gasteiger partial charge in [0, 0.05) is 13.1 Å². The third kappa shape index (κ3) is 2.86. The number of benzene rings is 1. The molecule has 1 fully saturated rings. The Morgan fingerprint density at radius 2 is 2.00 bits per heavy atom. The van der Waals surface area contributed by atoms with Gasteiger partial charge in [-0.3, -0.25) is 19.3 Å². The summed E-state index contributed by atoms with van der Waals surface area (Å²) in [5.41, 5.74) is 1.72. The average Bonchev–Trinajstić information content (AvgIpc) is 3.07. The van der Waals surface area contributed by atoms with Crippen LogP contribution in [-0.4, -0.2) is 60.7 Å². The monoisotopic (exact) mass is 315 g/mol. The van der Waals surface area contributed by atoms with Crippen LogP contribution < -0.4 is 5.32 Å². The zero-order valence-electron chi connectivity index (χ0n) is 13.5. The Labute approximate surface area is 135 Å². The van der Waals surface area contributed by atoms with E-state index in [1.807, 2.05) is 14.0 Å². The van der Waals surface area contributed by atoms with Gasteiger partial charge in [0.2, 0.25) is 5.91 Å².